The van der Waals surface area contributed by atoms with E-state index in [1.165, 1.54) is 5.56 Å². The van der Waals surface area contributed by atoms with Crippen LogP contribution in [0.2, 0.25) is 10.0 Å². The van der Waals surface area contributed by atoms with Crippen molar-refractivity contribution in [3.05, 3.63) is 67.7 Å². The standard InChI is InChI=1S/C21H17BrCl2N2O2/c1-2-28-21(27)19-16-5-3-4-12-10-13(22)6-8-15(12)20(16)26(25-19)18-9-7-14(23)11-17(18)24/h6-11H,2-5H2,1H3. The monoisotopic (exact) mass is 478 g/mol. The Kier molecular flexibility index (Phi) is 5.50. The van der Waals surface area contributed by atoms with Crippen molar-refractivity contribution in [3.63, 3.8) is 0 Å². The lowest BCUT2D eigenvalue weighted by atomic mass is 10.0. The van der Waals surface area contributed by atoms with Crippen LogP contribution in [0, 0.1) is 0 Å². The fourth-order valence-corrected chi connectivity index (χ4v) is 4.51. The molecular formula is C21H17BrCl2N2O2. The Bertz CT molecular complexity index is 1080. The molecule has 0 N–H and O–H groups in total. The quantitative estimate of drug-likeness (QED) is 0.415. The minimum atomic E-state index is -0.414. The zero-order valence-electron chi connectivity index (χ0n) is 15.1. The van der Waals surface area contributed by atoms with Gasteiger partial charge in [0.15, 0.2) is 5.69 Å². The molecule has 0 bridgehead atoms. The van der Waals surface area contributed by atoms with Gasteiger partial charge in [-0.1, -0.05) is 45.2 Å². The zero-order valence-corrected chi connectivity index (χ0v) is 18.2. The SMILES string of the molecule is CCOC(=O)c1nn(-c2ccc(Cl)cc2Cl)c2c1CCCc1cc(Br)ccc1-2. The van der Waals surface area contributed by atoms with Gasteiger partial charge < -0.3 is 4.74 Å². The Hall–Kier alpha value is -1.82. The van der Waals surface area contributed by atoms with Crippen molar-refractivity contribution in [3.8, 4) is 16.9 Å². The normalized spacial score (nSPS) is 12.9. The molecule has 144 valence electrons. The molecule has 7 heteroatoms. The molecule has 1 aromatic heterocycles. The molecule has 4 rings (SSSR count). The molecule has 0 atom stereocenters. The highest BCUT2D eigenvalue weighted by Gasteiger charge is 2.29. The molecule has 0 saturated heterocycles. The highest BCUT2D eigenvalue weighted by molar-refractivity contribution is 9.10. The van der Waals surface area contributed by atoms with Crippen molar-refractivity contribution in [2.75, 3.05) is 6.61 Å². The molecule has 2 aromatic carbocycles. The van der Waals surface area contributed by atoms with Gasteiger partial charge in [-0.25, -0.2) is 9.48 Å². The number of esters is 1. The summed E-state index contributed by atoms with van der Waals surface area (Å²) in [5.74, 6) is -0.414. The smallest absolute Gasteiger partial charge is 0.359 e. The second-order valence-corrected chi connectivity index (χ2v) is 8.32. The number of ether oxygens (including phenoxy) is 1. The van der Waals surface area contributed by atoms with E-state index in [-0.39, 0.29) is 0 Å². The van der Waals surface area contributed by atoms with Gasteiger partial charge in [-0.15, -0.1) is 0 Å². The van der Waals surface area contributed by atoms with Crippen molar-refractivity contribution >= 4 is 45.1 Å². The van der Waals surface area contributed by atoms with Gasteiger partial charge >= 0.3 is 5.97 Å². The van der Waals surface area contributed by atoms with E-state index in [4.69, 9.17) is 27.9 Å². The molecule has 28 heavy (non-hydrogen) atoms. The number of rotatable bonds is 3. The van der Waals surface area contributed by atoms with Crippen LogP contribution < -0.4 is 0 Å². The van der Waals surface area contributed by atoms with Crippen LogP contribution in [0.1, 0.15) is 35.0 Å². The van der Waals surface area contributed by atoms with Crippen molar-refractivity contribution < 1.29 is 9.53 Å². The first-order valence-electron chi connectivity index (χ1n) is 9.02. The highest BCUT2D eigenvalue weighted by atomic mass is 79.9. The summed E-state index contributed by atoms with van der Waals surface area (Å²) in [5, 5.41) is 5.65. The third-order valence-corrected chi connectivity index (χ3v) is 5.82. The Morgan fingerprint density at radius 2 is 2.04 bits per heavy atom. The Balaban J connectivity index is 2.02. The van der Waals surface area contributed by atoms with E-state index in [0.29, 0.717) is 28.0 Å². The number of fused-ring (bicyclic) bond motifs is 3. The van der Waals surface area contributed by atoms with E-state index in [1.807, 2.05) is 12.1 Å². The van der Waals surface area contributed by atoms with Crippen molar-refractivity contribution in [1.29, 1.82) is 0 Å². The van der Waals surface area contributed by atoms with E-state index < -0.39 is 5.97 Å². The van der Waals surface area contributed by atoms with Gasteiger partial charge in [-0.3, -0.25) is 0 Å². The van der Waals surface area contributed by atoms with Gasteiger partial charge in [-0.05, 0) is 62.1 Å². The van der Waals surface area contributed by atoms with Gasteiger partial charge in [0, 0.05) is 20.6 Å². The molecule has 0 amide bonds. The van der Waals surface area contributed by atoms with E-state index in [1.54, 1.807) is 23.7 Å². The lowest BCUT2D eigenvalue weighted by molar-refractivity contribution is 0.0517. The van der Waals surface area contributed by atoms with Crippen LogP contribution in [0.3, 0.4) is 0 Å². The molecule has 0 fully saturated rings. The van der Waals surface area contributed by atoms with Crippen LogP contribution in [-0.2, 0) is 17.6 Å². The van der Waals surface area contributed by atoms with Gasteiger partial charge in [0.2, 0.25) is 0 Å². The van der Waals surface area contributed by atoms with Crippen LogP contribution in [-0.4, -0.2) is 22.4 Å². The van der Waals surface area contributed by atoms with Gasteiger partial charge in [0.1, 0.15) is 0 Å². The first-order valence-corrected chi connectivity index (χ1v) is 10.6. The number of hydrogen-bond donors (Lipinski definition) is 0. The third-order valence-electron chi connectivity index (χ3n) is 4.79. The summed E-state index contributed by atoms with van der Waals surface area (Å²) in [5.41, 5.74) is 5.05. The number of carbonyl (C=O) groups excluding carboxylic acids is 1. The number of hydrogen-bond acceptors (Lipinski definition) is 3. The van der Waals surface area contributed by atoms with Gasteiger partial charge in [-0.2, -0.15) is 5.10 Å². The second-order valence-electron chi connectivity index (χ2n) is 6.56. The molecule has 1 aliphatic carbocycles. The number of aromatic nitrogens is 2. The predicted octanol–water partition coefficient (Wildman–Crippen LogP) is 6.27. The molecule has 0 unspecified atom stereocenters. The number of benzene rings is 2. The summed E-state index contributed by atoms with van der Waals surface area (Å²) < 4.78 is 8.04. The van der Waals surface area contributed by atoms with Crippen LogP contribution in [0.15, 0.2) is 40.9 Å². The summed E-state index contributed by atoms with van der Waals surface area (Å²) >= 11 is 16.1. The minimum Gasteiger partial charge on any atom is -0.461 e. The fourth-order valence-electron chi connectivity index (χ4n) is 3.61. The molecule has 4 nitrogen and oxygen atoms in total. The first-order chi connectivity index (χ1) is 13.5. The van der Waals surface area contributed by atoms with Crippen LogP contribution in [0.4, 0.5) is 0 Å². The fraction of sp³-hybridized carbons (Fsp3) is 0.238. The van der Waals surface area contributed by atoms with Crippen molar-refractivity contribution in [2.24, 2.45) is 0 Å². The Morgan fingerprint density at radius 3 is 2.79 bits per heavy atom. The number of halogens is 3. The average molecular weight is 480 g/mol. The van der Waals surface area contributed by atoms with Crippen molar-refractivity contribution in [2.45, 2.75) is 26.2 Å². The van der Waals surface area contributed by atoms with Crippen LogP contribution in [0.5, 0.6) is 0 Å². The average Bonchev–Trinajstić information content (AvgIpc) is 2.91. The lowest BCUT2D eigenvalue weighted by Gasteiger charge is -2.13. The molecule has 0 spiro atoms. The number of nitrogens with zero attached hydrogens (tertiary/aromatic N) is 2. The Labute approximate surface area is 181 Å². The number of aryl methyl sites for hydroxylation is 1. The van der Waals surface area contributed by atoms with Gasteiger partial charge in [0.05, 0.1) is 23.0 Å². The topological polar surface area (TPSA) is 44.1 Å². The molecular weight excluding hydrogens is 463 g/mol. The summed E-state index contributed by atoms with van der Waals surface area (Å²) in [6.45, 7) is 2.09. The zero-order chi connectivity index (χ0) is 19.8. The largest absolute Gasteiger partial charge is 0.461 e. The van der Waals surface area contributed by atoms with E-state index >= 15 is 0 Å². The lowest BCUT2D eigenvalue weighted by Crippen LogP contribution is -2.09. The van der Waals surface area contributed by atoms with Crippen molar-refractivity contribution in [1.82, 2.24) is 9.78 Å². The van der Waals surface area contributed by atoms with Crippen LogP contribution in [0.25, 0.3) is 16.9 Å². The summed E-state index contributed by atoms with van der Waals surface area (Å²) in [6.07, 6.45) is 2.57. The second kappa shape index (κ2) is 7.90. The molecule has 0 saturated carbocycles. The van der Waals surface area contributed by atoms with Gasteiger partial charge in [0.25, 0.3) is 0 Å². The summed E-state index contributed by atoms with van der Waals surface area (Å²) in [6, 6.07) is 11.4. The maximum absolute atomic E-state index is 12.6. The first kappa shape index (κ1) is 19.5. The summed E-state index contributed by atoms with van der Waals surface area (Å²) in [7, 11) is 0. The predicted molar refractivity (Wildman–Crippen MR) is 115 cm³/mol. The van der Waals surface area contributed by atoms with E-state index in [2.05, 4.69) is 33.2 Å². The minimum absolute atomic E-state index is 0.297. The maximum Gasteiger partial charge on any atom is 0.359 e. The summed E-state index contributed by atoms with van der Waals surface area (Å²) in [4.78, 5) is 12.6. The molecule has 3 aromatic rings. The molecule has 1 heterocycles. The van der Waals surface area contributed by atoms with E-state index in [0.717, 1.165) is 40.6 Å². The molecule has 0 radical (unpaired) electrons. The maximum atomic E-state index is 12.6. The molecule has 1 aliphatic rings. The van der Waals surface area contributed by atoms with Crippen LogP contribution >= 0.6 is 39.1 Å². The number of carbonyl (C=O) groups is 1. The highest BCUT2D eigenvalue weighted by Crippen LogP contribution is 2.38. The third kappa shape index (κ3) is 3.47. The molecule has 0 aliphatic heterocycles. The van der Waals surface area contributed by atoms with E-state index in [9.17, 15) is 4.79 Å². The Morgan fingerprint density at radius 1 is 1.21 bits per heavy atom.